The highest BCUT2D eigenvalue weighted by Crippen LogP contribution is 2.21. The van der Waals surface area contributed by atoms with E-state index in [1.54, 1.807) is 12.1 Å². The lowest BCUT2D eigenvalue weighted by Gasteiger charge is -2.22. The van der Waals surface area contributed by atoms with Crippen LogP contribution < -0.4 is 10.6 Å². The molecule has 0 radical (unpaired) electrons. The number of benzene rings is 1. The summed E-state index contributed by atoms with van der Waals surface area (Å²) in [6, 6.07) is 6.40. The third kappa shape index (κ3) is 6.20. The molecule has 1 aromatic heterocycles. The van der Waals surface area contributed by atoms with E-state index in [0.717, 1.165) is 35.8 Å². The Morgan fingerprint density at radius 3 is 2.73 bits per heavy atom. The molecule has 1 atom stereocenters. The van der Waals surface area contributed by atoms with Crippen molar-refractivity contribution in [1.29, 1.82) is 0 Å². The molecule has 8 heteroatoms. The fraction of sp³-hybridized carbons (Fsp3) is 0.444. The molecule has 0 aliphatic carbocycles. The lowest BCUT2D eigenvalue weighted by molar-refractivity contribution is 0.0948. The number of aryl methyl sites for hydroxylation is 1. The summed E-state index contributed by atoms with van der Waals surface area (Å²) in [5.74, 6) is 0.224. The van der Waals surface area contributed by atoms with Gasteiger partial charge in [-0.3, -0.25) is 4.79 Å². The third-order valence-electron chi connectivity index (χ3n) is 4.27. The molecule has 144 valence electrons. The molecule has 1 aliphatic heterocycles. The number of carbonyl (C=O) groups is 1. The number of nitrogens with zero attached hydrogens (tertiary/aromatic N) is 1. The first-order valence-electron chi connectivity index (χ1n) is 8.31. The number of piperidine rings is 1. The average Bonchev–Trinajstić information content (AvgIpc) is 2.96. The quantitative estimate of drug-likeness (QED) is 0.775. The van der Waals surface area contributed by atoms with E-state index >= 15 is 0 Å². The van der Waals surface area contributed by atoms with Crippen LogP contribution in [0.2, 0.25) is 0 Å². The number of carbonyl (C=O) groups excluding carboxylic acids is 1. The van der Waals surface area contributed by atoms with Gasteiger partial charge in [0.15, 0.2) is 0 Å². The number of hydrogen-bond acceptors (Lipinski definition) is 4. The van der Waals surface area contributed by atoms with E-state index in [2.05, 4.69) is 15.6 Å². The number of thiazole rings is 1. The lowest BCUT2D eigenvalue weighted by Crippen LogP contribution is -2.38. The van der Waals surface area contributed by atoms with Crippen LogP contribution in [0.15, 0.2) is 24.3 Å². The molecule has 0 spiro atoms. The molecule has 0 bridgehead atoms. The SMILES string of the molecule is Cc1nc(Cc2ccc(F)cc2)sc1C(=O)NCC1CCCNC1.Cl.Cl. The van der Waals surface area contributed by atoms with Crippen molar-refractivity contribution in [2.24, 2.45) is 5.92 Å². The van der Waals surface area contributed by atoms with E-state index in [1.807, 2.05) is 6.92 Å². The molecule has 1 amide bonds. The Morgan fingerprint density at radius 2 is 2.08 bits per heavy atom. The molecule has 2 heterocycles. The Balaban J connectivity index is 0.00000169. The van der Waals surface area contributed by atoms with Gasteiger partial charge in [-0.15, -0.1) is 36.2 Å². The highest BCUT2D eigenvalue weighted by molar-refractivity contribution is 7.13. The molecule has 1 aromatic carbocycles. The Hall–Kier alpha value is -1.21. The van der Waals surface area contributed by atoms with Crippen molar-refractivity contribution < 1.29 is 9.18 Å². The van der Waals surface area contributed by atoms with E-state index in [9.17, 15) is 9.18 Å². The van der Waals surface area contributed by atoms with Crippen LogP contribution in [-0.2, 0) is 6.42 Å². The molecule has 2 aromatic rings. The Morgan fingerprint density at radius 1 is 1.35 bits per heavy atom. The normalized spacial score (nSPS) is 16.3. The largest absolute Gasteiger partial charge is 0.351 e. The van der Waals surface area contributed by atoms with Gasteiger partial charge in [0, 0.05) is 13.0 Å². The Kier molecular flexibility index (Phi) is 9.50. The summed E-state index contributed by atoms with van der Waals surface area (Å²) in [5.41, 5.74) is 1.75. The molecule has 26 heavy (non-hydrogen) atoms. The van der Waals surface area contributed by atoms with Crippen LogP contribution in [0.25, 0.3) is 0 Å². The van der Waals surface area contributed by atoms with E-state index in [0.29, 0.717) is 23.8 Å². The molecule has 1 unspecified atom stereocenters. The number of aromatic nitrogens is 1. The smallest absolute Gasteiger partial charge is 0.263 e. The van der Waals surface area contributed by atoms with Crippen molar-refractivity contribution >= 4 is 42.1 Å². The van der Waals surface area contributed by atoms with Crippen molar-refractivity contribution in [3.63, 3.8) is 0 Å². The summed E-state index contributed by atoms with van der Waals surface area (Å²) >= 11 is 1.42. The van der Waals surface area contributed by atoms with Crippen molar-refractivity contribution in [3.05, 3.63) is 51.2 Å². The summed E-state index contributed by atoms with van der Waals surface area (Å²) in [5, 5.41) is 7.27. The van der Waals surface area contributed by atoms with Crippen LogP contribution in [-0.4, -0.2) is 30.5 Å². The standard InChI is InChI=1S/C18H22FN3OS.2ClH/c1-12-17(18(23)21-11-14-3-2-8-20-10-14)24-16(22-12)9-13-4-6-15(19)7-5-13;;/h4-7,14,20H,2-3,8-11H2,1H3,(H,21,23);2*1H. The maximum Gasteiger partial charge on any atom is 0.263 e. The minimum Gasteiger partial charge on any atom is -0.351 e. The maximum absolute atomic E-state index is 13.0. The average molecular weight is 420 g/mol. The molecule has 1 aliphatic rings. The number of rotatable bonds is 5. The second kappa shape index (κ2) is 10.8. The van der Waals surface area contributed by atoms with Crippen LogP contribution in [0, 0.1) is 18.7 Å². The van der Waals surface area contributed by atoms with E-state index in [4.69, 9.17) is 0 Å². The highest BCUT2D eigenvalue weighted by atomic mass is 35.5. The third-order valence-corrected chi connectivity index (χ3v) is 5.42. The zero-order chi connectivity index (χ0) is 16.9. The second-order valence-corrected chi connectivity index (χ2v) is 7.33. The van der Waals surface area contributed by atoms with Gasteiger partial charge in [-0.1, -0.05) is 12.1 Å². The fourth-order valence-corrected chi connectivity index (χ4v) is 3.95. The maximum atomic E-state index is 13.0. The summed E-state index contributed by atoms with van der Waals surface area (Å²) in [7, 11) is 0. The number of amides is 1. The van der Waals surface area contributed by atoms with Crippen molar-refractivity contribution in [2.45, 2.75) is 26.2 Å². The van der Waals surface area contributed by atoms with Gasteiger partial charge < -0.3 is 10.6 Å². The minimum atomic E-state index is -0.244. The van der Waals surface area contributed by atoms with Crippen molar-refractivity contribution in [2.75, 3.05) is 19.6 Å². The zero-order valence-electron chi connectivity index (χ0n) is 14.6. The van der Waals surface area contributed by atoms with Gasteiger partial charge in [0.05, 0.1) is 10.7 Å². The lowest BCUT2D eigenvalue weighted by atomic mass is 10.00. The van der Waals surface area contributed by atoms with Gasteiger partial charge in [0.1, 0.15) is 10.7 Å². The first kappa shape index (κ1) is 22.8. The van der Waals surface area contributed by atoms with Crippen LogP contribution in [0.1, 0.15) is 38.8 Å². The van der Waals surface area contributed by atoms with Crippen molar-refractivity contribution in [3.8, 4) is 0 Å². The minimum absolute atomic E-state index is 0. The highest BCUT2D eigenvalue weighted by Gasteiger charge is 2.18. The Bertz CT molecular complexity index is 703. The second-order valence-electron chi connectivity index (χ2n) is 6.25. The molecular weight excluding hydrogens is 396 g/mol. The molecular formula is C18H24Cl2FN3OS. The summed E-state index contributed by atoms with van der Waals surface area (Å²) in [4.78, 5) is 17.6. The summed E-state index contributed by atoms with van der Waals surface area (Å²) < 4.78 is 13.0. The predicted octanol–water partition coefficient (Wildman–Crippen LogP) is 3.75. The predicted molar refractivity (Wildman–Crippen MR) is 108 cm³/mol. The number of hydrogen-bond donors (Lipinski definition) is 2. The topological polar surface area (TPSA) is 54.0 Å². The van der Waals surface area contributed by atoms with E-state index < -0.39 is 0 Å². The van der Waals surface area contributed by atoms with Crippen LogP contribution in [0.4, 0.5) is 4.39 Å². The number of nitrogens with one attached hydrogen (secondary N) is 2. The molecule has 1 fully saturated rings. The first-order valence-corrected chi connectivity index (χ1v) is 9.13. The fourth-order valence-electron chi connectivity index (χ4n) is 2.93. The summed E-state index contributed by atoms with van der Waals surface area (Å²) in [6.07, 6.45) is 2.94. The van der Waals surface area contributed by atoms with Gasteiger partial charge in [-0.2, -0.15) is 0 Å². The van der Waals surface area contributed by atoms with Gasteiger partial charge in [-0.25, -0.2) is 9.37 Å². The van der Waals surface area contributed by atoms with Gasteiger partial charge in [-0.05, 0) is 56.5 Å². The number of halogens is 3. The van der Waals surface area contributed by atoms with Gasteiger partial charge in [0.25, 0.3) is 5.91 Å². The van der Waals surface area contributed by atoms with Crippen LogP contribution in [0.5, 0.6) is 0 Å². The first-order chi connectivity index (χ1) is 11.6. The molecule has 1 saturated heterocycles. The van der Waals surface area contributed by atoms with Gasteiger partial charge in [0.2, 0.25) is 0 Å². The summed E-state index contributed by atoms with van der Waals surface area (Å²) in [6.45, 7) is 4.61. The van der Waals surface area contributed by atoms with Crippen LogP contribution in [0.3, 0.4) is 0 Å². The molecule has 4 nitrogen and oxygen atoms in total. The van der Waals surface area contributed by atoms with E-state index in [-0.39, 0.29) is 36.5 Å². The van der Waals surface area contributed by atoms with Crippen molar-refractivity contribution in [1.82, 2.24) is 15.6 Å². The zero-order valence-corrected chi connectivity index (χ0v) is 17.0. The van der Waals surface area contributed by atoms with E-state index in [1.165, 1.54) is 29.9 Å². The van der Waals surface area contributed by atoms with Crippen LogP contribution >= 0.6 is 36.2 Å². The molecule has 0 saturated carbocycles. The Labute approximate surface area is 169 Å². The molecule has 3 rings (SSSR count). The van der Waals surface area contributed by atoms with Gasteiger partial charge >= 0.3 is 0 Å². The molecule has 2 N–H and O–H groups in total. The monoisotopic (exact) mass is 419 g/mol.